The summed E-state index contributed by atoms with van der Waals surface area (Å²) in [6.45, 7) is 5.43. The third-order valence-electron chi connectivity index (χ3n) is 8.79. The summed E-state index contributed by atoms with van der Waals surface area (Å²) in [6, 6.07) is 8.05. The maximum Gasteiger partial charge on any atom is 0.510 e. The lowest BCUT2D eigenvalue weighted by Crippen LogP contribution is -2.58. The number of nitrogens with zero attached hydrogens (tertiary/aromatic N) is 3. The van der Waals surface area contributed by atoms with Crippen LogP contribution in [-0.2, 0) is 20.3 Å². The van der Waals surface area contributed by atoms with Gasteiger partial charge in [-0.15, -0.1) is 11.3 Å². The van der Waals surface area contributed by atoms with Crippen LogP contribution in [0.1, 0.15) is 64.9 Å². The number of fused-ring (bicyclic) bond motifs is 2. The van der Waals surface area contributed by atoms with Crippen molar-refractivity contribution in [3.05, 3.63) is 64.3 Å². The molecular weight excluding hydrogens is 559 g/mol. The SMILES string of the molecule is Cc1ccncc1C1CN(C(=O)[C@@H]2CC[C@@H]3CC(C)C[C@H](NC(=O)c4cc5cc(C[P+](=O)O)ccc5s4)C(=O)N32)C1. The maximum absolute atomic E-state index is 13.9. The monoisotopic (exact) mass is 593 g/mol. The van der Waals surface area contributed by atoms with Crippen molar-refractivity contribution in [3.63, 3.8) is 0 Å². The molecule has 2 N–H and O–H groups in total. The normalized spacial score (nSPS) is 25.0. The Morgan fingerprint density at radius 2 is 1.98 bits per heavy atom. The van der Waals surface area contributed by atoms with Crippen molar-refractivity contribution in [1.29, 1.82) is 0 Å². The van der Waals surface area contributed by atoms with Gasteiger partial charge in [-0.2, -0.15) is 4.89 Å². The van der Waals surface area contributed by atoms with Gasteiger partial charge in [-0.05, 0) is 83.9 Å². The molecule has 3 fully saturated rings. The van der Waals surface area contributed by atoms with E-state index >= 15 is 0 Å². The molecule has 3 aliphatic heterocycles. The molecule has 41 heavy (non-hydrogen) atoms. The molecule has 5 atom stereocenters. The number of nitrogens with one attached hydrogen (secondary N) is 1. The second-order valence-electron chi connectivity index (χ2n) is 11.8. The number of hydrogen-bond acceptors (Lipinski definition) is 6. The van der Waals surface area contributed by atoms with E-state index in [4.69, 9.17) is 0 Å². The summed E-state index contributed by atoms with van der Waals surface area (Å²) in [5.41, 5.74) is 3.08. The van der Waals surface area contributed by atoms with E-state index in [1.807, 2.05) is 29.3 Å². The van der Waals surface area contributed by atoms with E-state index in [2.05, 4.69) is 24.1 Å². The van der Waals surface area contributed by atoms with Crippen LogP contribution in [-0.4, -0.2) is 68.6 Å². The molecule has 2 unspecified atom stereocenters. The summed E-state index contributed by atoms with van der Waals surface area (Å²) in [4.78, 5) is 58.5. The van der Waals surface area contributed by atoms with Crippen LogP contribution in [0.15, 0.2) is 42.7 Å². The van der Waals surface area contributed by atoms with E-state index in [1.54, 1.807) is 23.2 Å². The Balaban J connectivity index is 1.15. The molecule has 2 aromatic heterocycles. The number of amides is 3. The minimum atomic E-state index is -2.29. The largest absolute Gasteiger partial charge is 0.510 e. The van der Waals surface area contributed by atoms with Crippen LogP contribution < -0.4 is 5.32 Å². The van der Waals surface area contributed by atoms with E-state index in [1.165, 1.54) is 22.5 Å². The quantitative estimate of drug-likeness (QED) is 0.410. The lowest BCUT2D eigenvalue weighted by molar-refractivity contribution is -0.148. The fourth-order valence-electron chi connectivity index (χ4n) is 6.71. The number of carbonyl (C=O) groups is 3. The van der Waals surface area contributed by atoms with Gasteiger partial charge in [-0.1, -0.05) is 13.0 Å². The van der Waals surface area contributed by atoms with Crippen molar-refractivity contribution in [2.24, 2.45) is 5.92 Å². The van der Waals surface area contributed by atoms with E-state index in [0.29, 0.717) is 30.8 Å². The molecule has 3 aliphatic rings. The smallest absolute Gasteiger partial charge is 0.340 e. The van der Waals surface area contributed by atoms with E-state index in [9.17, 15) is 23.8 Å². The average molecular weight is 594 g/mol. The van der Waals surface area contributed by atoms with Crippen LogP contribution in [0.25, 0.3) is 10.1 Å². The predicted octanol–water partition coefficient (Wildman–Crippen LogP) is 4.35. The predicted molar refractivity (Wildman–Crippen MR) is 157 cm³/mol. The first-order valence-corrected chi connectivity index (χ1v) is 16.4. The third-order valence-corrected chi connectivity index (χ3v) is 10.5. The van der Waals surface area contributed by atoms with Gasteiger partial charge in [-0.3, -0.25) is 19.4 Å². The summed E-state index contributed by atoms with van der Waals surface area (Å²) in [7, 11) is -2.29. The zero-order chi connectivity index (χ0) is 28.8. The van der Waals surface area contributed by atoms with Gasteiger partial charge in [0.15, 0.2) is 0 Å². The van der Waals surface area contributed by atoms with Crippen LogP contribution in [0.3, 0.4) is 0 Å². The van der Waals surface area contributed by atoms with Gasteiger partial charge in [0.1, 0.15) is 12.1 Å². The molecular formula is C30H34N4O5PS+. The second-order valence-corrected chi connectivity index (χ2v) is 13.9. The van der Waals surface area contributed by atoms with Crippen molar-refractivity contribution >= 4 is 47.2 Å². The molecule has 6 rings (SSSR count). The number of rotatable bonds is 6. The Labute approximate surface area is 243 Å². The lowest BCUT2D eigenvalue weighted by Gasteiger charge is -2.43. The van der Waals surface area contributed by atoms with E-state index in [0.717, 1.165) is 28.5 Å². The van der Waals surface area contributed by atoms with Gasteiger partial charge in [0.2, 0.25) is 18.0 Å². The summed E-state index contributed by atoms with van der Waals surface area (Å²) >= 11 is 1.33. The van der Waals surface area contributed by atoms with Crippen molar-refractivity contribution in [2.45, 2.75) is 69.7 Å². The summed E-state index contributed by atoms with van der Waals surface area (Å²) < 4.78 is 12.1. The third kappa shape index (κ3) is 5.53. The highest BCUT2D eigenvalue weighted by molar-refractivity contribution is 7.37. The highest BCUT2D eigenvalue weighted by atomic mass is 32.1. The first-order chi connectivity index (χ1) is 19.7. The Kier molecular flexibility index (Phi) is 7.66. The summed E-state index contributed by atoms with van der Waals surface area (Å²) in [5, 5.41) is 3.82. The number of aryl methyl sites for hydroxylation is 1. The number of pyridine rings is 1. The number of carbonyl (C=O) groups excluding carboxylic acids is 3. The van der Waals surface area contributed by atoms with E-state index in [-0.39, 0.29) is 41.8 Å². The summed E-state index contributed by atoms with van der Waals surface area (Å²) in [6.07, 6.45) is 6.52. The Morgan fingerprint density at radius 3 is 2.73 bits per heavy atom. The van der Waals surface area contributed by atoms with Crippen molar-refractivity contribution < 1.29 is 23.8 Å². The molecule has 0 radical (unpaired) electrons. The number of thiophene rings is 1. The second kappa shape index (κ2) is 11.2. The van der Waals surface area contributed by atoms with Crippen LogP contribution in [0.2, 0.25) is 0 Å². The zero-order valence-electron chi connectivity index (χ0n) is 23.2. The molecule has 3 amide bonds. The lowest BCUT2D eigenvalue weighted by atomic mass is 9.89. The van der Waals surface area contributed by atoms with Crippen molar-refractivity contribution in [2.75, 3.05) is 13.1 Å². The molecule has 0 aliphatic carbocycles. The van der Waals surface area contributed by atoms with Crippen LogP contribution in [0.4, 0.5) is 0 Å². The molecule has 9 nitrogen and oxygen atoms in total. The maximum atomic E-state index is 13.9. The van der Waals surface area contributed by atoms with Crippen LogP contribution in [0.5, 0.6) is 0 Å². The molecule has 5 heterocycles. The highest BCUT2D eigenvalue weighted by Gasteiger charge is 2.48. The van der Waals surface area contributed by atoms with Gasteiger partial charge >= 0.3 is 8.03 Å². The first kappa shape index (κ1) is 27.9. The zero-order valence-corrected chi connectivity index (χ0v) is 24.9. The van der Waals surface area contributed by atoms with Gasteiger partial charge in [0.05, 0.1) is 4.88 Å². The Morgan fingerprint density at radius 1 is 1.17 bits per heavy atom. The number of hydrogen-bond donors (Lipinski definition) is 2. The molecule has 11 heteroatoms. The number of aromatic nitrogens is 1. The minimum Gasteiger partial charge on any atom is -0.340 e. The number of likely N-dealkylation sites (tertiary alicyclic amines) is 1. The van der Waals surface area contributed by atoms with E-state index < -0.39 is 20.1 Å². The highest BCUT2D eigenvalue weighted by Crippen LogP contribution is 2.37. The number of benzene rings is 1. The van der Waals surface area contributed by atoms with Crippen LogP contribution in [0, 0.1) is 12.8 Å². The standard InChI is InChI=1S/C30H33N4O5PS/c1-17-9-22-4-5-25(30(37)33-14-21(15-33)23-13-31-8-7-18(23)2)34(22)29(36)24(10-17)32-28(35)27-12-20-11-19(16-40(38)39)3-6-26(20)41-27/h3,6-8,11-13,17,21-22,24-25H,4-5,9-10,14-16H2,1-2H3,(H-,32,35,38,39)/p+1/t17?,22-,24+,25+/m1/s1. The van der Waals surface area contributed by atoms with Gasteiger partial charge in [-0.25, -0.2) is 0 Å². The van der Waals surface area contributed by atoms with Crippen molar-refractivity contribution in [1.82, 2.24) is 20.1 Å². The van der Waals surface area contributed by atoms with Crippen molar-refractivity contribution in [3.8, 4) is 0 Å². The molecule has 3 aromatic rings. The molecule has 214 valence electrons. The topological polar surface area (TPSA) is 120 Å². The molecule has 0 spiro atoms. The fraction of sp³-hybridized carbons (Fsp3) is 0.467. The van der Waals surface area contributed by atoms with Crippen LogP contribution >= 0.6 is 19.4 Å². The molecule has 1 aromatic carbocycles. The molecule has 3 saturated heterocycles. The molecule has 0 bridgehead atoms. The first-order valence-electron chi connectivity index (χ1n) is 14.2. The Hall–Kier alpha value is -3.20. The molecule has 0 saturated carbocycles. The Bertz CT molecular complexity index is 1540. The van der Waals surface area contributed by atoms with Gasteiger partial charge in [0.25, 0.3) is 5.91 Å². The average Bonchev–Trinajstić information content (AvgIpc) is 3.49. The van der Waals surface area contributed by atoms with Gasteiger partial charge in [0, 0.05) is 47.7 Å². The fourth-order valence-corrected chi connectivity index (χ4v) is 8.17. The van der Waals surface area contributed by atoms with Gasteiger partial charge < -0.3 is 15.1 Å². The minimum absolute atomic E-state index is 0.00297. The summed E-state index contributed by atoms with van der Waals surface area (Å²) in [5.74, 6) is 0.00696.